The number of H-pyrrole nitrogens is 1. The fourth-order valence-corrected chi connectivity index (χ4v) is 2.52. The second kappa shape index (κ2) is 9.87. The number of carbonyl (C=O) groups excluding carboxylic acids is 1. The molecule has 0 spiro atoms. The first-order valence-corrected chi connectivity index (χ1v) is 9.22. The third-order valence-corrected chi connectivity index (χ3v) is 3.74. The van der Waals surface area contributed by atoms with E-state index >= 15 is 0 Å². The van der Waals surface area contributed by atoms with Gasteiger partial charge < -0.3 is 20.5 Å². The lowest BCUT2D eigenvalue weighted by atomic mass is 10.3. The maximum atomic E-state index is 11.8. The predicted octanol–water partition coefficient (Wildman–Crippen LogP) is 2.73. The SMILES string of the molecule is CCOC(=O)Cc1cc(=O)[nH]c(N=C(N)Nc2ccc(Oc3ccccc3)cc2)n1. The van der Waals surface area contributed by atoms with Crippen LogP contribution in [0.25, 0.3) is 0 Å². The van der Waals surface area contributed by atoms with Crippen molar-refractivity contribution in [2.75, 3.05) is 11.9 Å². The van der Waals surface area contributed by atoms with Crippen molar-refractivity contribution in [3.63, 3.8) is 0 Å². The Morgan fingerprint density at radius 1 is 1.13 bits per heavy atom. The number of rotatable bonds is 7. The number of benzene rings is 2. The summed E-state index contributed by atoms with van der Waals surface area (Å²) in [5.74, 6) is 0.922. The molecule has 4 N–H and O–H groups in total. The number of hydrogen-bond donors (Lipinski definition) is 3. The van der Waals surface area contributed by atoms with Crippen LogP contribution in [0.15, 0.2) is 70.5 Å². The van der Waals surface area contributed by atoms with Gasteiger partial charge in [0.2, 0.25) is 11.9 Å². The number of nitrogens with zero attached hydrogens (tertiary/aromatic N) is 2. The predicted molar refractivity (Wildman–Crippen MR) is 113 cm³/mol. The molecule has 0 aliphatic heterocycles. The summed E-state index contributed by atoms with van der Waals surface area (Å²) in [6.45, 7) is 1.95. The summed E-state index contributed by atoms with van der Waals surface area (Å²) in [4.78, 5) is 34.0. The summed E-state index contributed by atoms with van der Waals surface area (Å²) in [5, 5.41) is 2.90. The van der Waals surface area contributed by atoms with Gasteiger partial charge in [-0.3, -0.25) is 14.6 Å². The van der Waals surface area contributed by atoms with Crippen molar-refractivity contribution in [3.05, 3.63) is 76.7 Å². The Bertz CT molecular complexity index is 1080. The maximum Gasteiger partial charge on any atom is 0.311 e. The highest BCUT2D eigenvalue weighted by Gasteiger charge is 2.08. The van der Waals surface area contributed by atoms with Crippen molar-refractivity contribution in [3.8, 4) is 11.5 Å². The minimum absolute atomic E-state index is 0.0168. The van der Waals surface area contributed by atoms with E-state index < -0.39 is 11.5 Å². The highest BCUT2D eigenvalue weighted by molar-refractivity contribution is 5.93. The van der Waals surface area contributed by atoms with E-state index in [1.54, 1.807) is 31.2 Å². The number of esters is 1. The Morgan fingerprint density at radius 2 is 1.83 bits per heavy atom. The van der Waals surface area contributed by atoms with Crippen LogP contribution in [0, 0.1) is 0 Å². The lowest BCUT2D eigenvalue weighted by Gasteiger charge is -2.08. The zero-order chi connectivity index (χ0) is 21.3. The first-order chi connectivity index (χ1) is 14.5. The Kier molecular flexibility index (Phi) is 6.78. The number of nitrogens with one attached hydrogen (secondary N) is 2. The van der Waals surface area contributed by atoms with Crippen molar-refractivity contribution in [2.24, 2.45) is 10.7 Å². The topological polar surface area (TPSA) is 132 Å². The molecular weight excluding hydrogens is 386 g/mol. The molecule has 154 valence electrons. The second-order valence-corrected chi connectivity index (χ2v) is 6.10. The molecule has 0 aliphatic carbocycles. The number of aromatic amines is 1. The molecule has 0 amide bonds. The lowest BCUT2D eigenvalue weighted by Crippen LogP contribution is -2.22. The Balaban J connectivity index is 1.66. The molecule has 1 heterocycles. The van der Waals surface area contributed by atoms with E-state index in [2.05, 4.69) is 20.3 Å². The summed E-state index contributed by atoms with van der Waals surface area (Å²) < 4.78 is 10.6. The molecule has 0 unspecified atom stereocenters. The van der Waals surface area contributed by atoms with Gasteiger partial charge in [-0.15, -0.1) is 0 Å². The second-order valence-electron chi connectivity index (χ2n) is 6.10. The summed E-state index contributed by atoms with van der Waals surface area (Å²) in [6, 6.07) is 17.7. The molecule has 3 rings (SSSR count). The Labute approximate surface area is 172 Å². The molecule has 0 saturated carbocycles. The molecular formula is C21H21N5O4. The third kappa shape index (κ3) is 6.20. The summed E-state index contributed by atoms with van der Waals surface area (Å²) >= 11 is 0. The molecule has 0 bridgehead atoms. The number of nitrogens with two attached hydrogens (primary N) is 1. The number of hydrogen-bond acceptors (Lipinski definition) is 6. The van der Waals surface area contributed by atoms with Gasteiger partial charge in [0, 0.05) is 11.8 Å². The normalized spacial score (nSPS) is 11.0. The van der Waals surface area contributed by atoms with E-state index in [1.165, 1.54) is 6.07 Å². The monoisotopic (exact) mass is 407 g/mol. The molecule has 0 saturated heterocycles. The Hall–Kier alpha value is -4.14. The van der Waals surface area contributed by atoms with Gasteiger partial charge in [0.25, 0.3) is 5.56 Å². The van der Waals surface area contributed by atoms with Gasteiger partial charge in [-0.25, -0.2) is 4.98 Å². The number of aromatic nitrogens is 2. The van der Waals surface area contributed by atoms with Crippen molar-refractivity contribution < 1.29 is 14.3 Å². The number of anilines is 1. The number of aliphatic imine (C=N–C) groups is 1. The van der Waals surface area contributed by atoms with Crippen LogP contribution in [-0.2, 0) is 16.0 Å². The van der Waals surface area contributed by atoms with E-state index in [0.717, 1.165) is 5.75 Å². The number of ether oxygens (including phenoxy) is 2. The fourth-order valence-electron chi connectivity index (χ4n) is 2.52. The maximum absolute atomic E-state index is 11.8. The number of para-hydroxylation sites is 1. The van der Waals surface area contributed by atoms with Crippen LogP contribution in [0.4, 0.5) is 11.6 Å². The van der Waals surface area contributed by atoms with Crippen molar-refractivity contribution in [1.82, 2.24) is 9.97 Å². The first kappa shape index (κ1) is 20.6. The molecule has 3 aromatic rings. The van der Waals surface area contributed by atoms with E-state index in [0.29, 0.717) is 11.4 Å². The van der Waals surface area contributed by atoms with Crippen LogP contribution in [0.2, 0.25) is 0 Å². The zero-order valence-corrected chi connectivity index (χ0v) is 16.3. The summed E-state index contributed by atoms with van der Waals surface area (Å²) in [5.41, 5.74) is 6.37. The van der Waals surface area contributed by atoms with Crippen molar-refractivity contribution in [2.45, 2.75) is 13.3 Å². The summed E-state index contributed by atoms with van der Waals surface area (Å²) in [6.07, 6.45) is -0.128. The largest absolute Gasteiger partial charge is 0.466 e. The minimum Gasteiger partial charge on any atom is -0.466 e. The smallest absolute Gasteiger partial charge is 0.311 e. The van der Waals surface area contributed by atoms with Gasteiger partial charge in [0.05, 0.1) is 18.7 Å². The van der Waals surface area contributed by atoms with E-state index in [1.807, 2.05) is 30.3 Å². The average molecular weight is 407 g/mol. The van der Waals surface area contributed by atoms with Crippen LogP contribution in [0.5, 0.6) is 11.5 Å². The van der Waals surface area contributed by atoms with Crippen LogP contribution in [0.3, 0.4) is 0 Å². The van der Waals surface area contributed by atoms with Crippen molar-refractivity contribution in [1.29, 1.82) is 0 Å². The molecule has 1 aromatic heterocycles. The van der Waals surface area contributed by atoms with Gasteiger partial charge in [-0.2, -0.15) is 4.99 Å². The van der Waals surface area contributed by atoms with Crippen LogP contribution in [-0.4, -0.2) is 28.5 Å². The quantitative estimate of drug-likeness (QED) is 0.312. The average Bonchev–Trinajstić information content (AvgIpc) is 2.70. The highest BCUT2D eigenvalue weighted by Crippen LogP contribution is 2.22. The lowest BCUT2D eigenvalue weighted by molar-refractivity contribution is -0.142. The molecule has 2 aromatic carbocycles. The van der Waals surface area contributed by atoms with Gasteiger partial charge in [0.1, 0.15) is 11.5 Å². The molecule has 0 aliphatic rings. The van der Waals surface area contributed by atoms with Crippen LogP contribution < -0.4 is 21.3 Å². The number of guanidine groups is 1. The third-order valence-electron chi connectivity index (χ3n) is 3.74. The minimum atomic E-state index is -0.477. The fraction of sp³-hybridized carbons (Fsp3) is 0.143. The van der Waals surface area contributed by atoms with E-state index in [-0.39, 0.29) is 30.6 Å². The van der Waals surface area contributed by atoms with Crippen LogP contribution in [0.1, 0.15) is 12.6 Å². The molecule has 30 heavy (non-hydrogen) atoms. The Morgan fingerprint density at radius 3 is 2.53 bits per heavy atom. The molecule has 0 radical (unpaired) electrons. The van der Waals surface area contributed by atoms with Gasteiger partial charge in [-0.1, -0.05) is 18.2 Å². The van der Waals surface area contributed by atoms with Gasteiger partial charge in [0.15, 0.2) is 0 Å². The highest BCUT2D eigenvalue weighted by atomic mass is 16.5. The summed E-state index contributed by atoms with van der Waals surface area (Å²) in [7, 11) is 0. The molecule has 9 nitrogen and oxygen atoms in total. The first-order valence-electron chi connectivity index (χ1n) is 9.22. The van der Waals surface area contributed by atoms with Crippen molar-refractivity contribution >= 4 is 23.6 Å². The molecule has 0 fully saturated rings. The standard InChI is InChI=1S/C21H21N5O4/c1-2-29-19(28)13-15-12-18(27)25-21(24-15)26-20(22)23-14-8-10-17(11-9-14)30-16-6-4-3-5-7-16/h3-12H,2,13H2,1H3,(H4,22,23,24,25,26,27). The van der Waals surface area contributed by atoms with E-state index in [4.69, 9.17) is 15.2 Å². The number of carbonyl (C=O) groups is 1. The van der Waals surface area contributed by atoms with Gasteiger partial charge in [-0.05, 0) is 43.3 Å². The van der Waals surface area contributed by atoms with Crippen LogP contribution >= 0.6 is 0 Å². The van der Waals surface area contributed by atoms with E-state index in [9.17, 15) is 9.59 Å². The zero-order valence-electron chi connectivity index (χ0n) is 16.3. The molecule has 9 heteroatoms. The van der Waals surface area contributed by atoms with Gasteiger partial charge >= 0.3 is 5.97 Å². The molecule has 0 atom stereocenters.